The molecule has 0 spiro atoms. The van der Waals surface area contributed by atoms with Gasteiger partial charge in [-0.25, -0.2) is 0 Å². The molecule has 0 saturated heterocycles. The summed E-state index contributed by atoms with van der Waals surface area (Å²) in [6, 6.07) is 2.03. The molecule has 0 aliphatic heterocycles. The number of aryl methyl sites for hydroxylation is 2. The predicted octanol–water partition coefficient (Wildman–Crippen LogP) is 5.01. The Bertz CT molecular complexity index is 396. The Hall–Kier alpha value is -0.630. The highest BCUT2D eigenvalue weighted by molar-refractivity contribution is 7.12. The molecule has 2 heteroatoms. The van der Waals surface area contributed by atoms with Crippen molar-refractivity contribution < 1.29 is 4.79 Å². The highest BCUT2D eigenvalue weighted by atomic mass is 32.1. The molecule has 0 aliphatic rings. The molecule has 1 unspecified atom stereocenters. The van der Waals surface area contributed by atoms with Crippen molar-refractivity contribution >= 4 is 17.1 Å². The van der Waals surface area contributed by atoms with Crippen molar-refractivity contribution in [1.29, 1.82) is 0 Å². The fourth-order valence-electron chi connectivity index (χ4n) is 2.45. The van der Waals surface area contributed by atoms with E-state index in [0.29, 0.717) is 23.5 Å². The number of Topliss-reactive ketones (excluding diaryl/α,β-unsaturated/α-hetero) is 1. The summed E-state index contributed by atoms with van der Waals surface area (Å²) in [7, 11) is 0. The van der Waals surface area contributed by atoms with Gasteiger partial charge in [-0.15, -0.1) is 11.3 Å². The molecule has 96 valence electrons. The Kier molecular flexibility index (Phi) is 4.54. The maximum absolute atomic E-state index is 12.2. The molecule has 1 rings (SSSR count). The Morgan fingerprint density at radius 1 is 1.35 bits per heavy atom. The molecule has 0 aromatic carbocycles. The molecule has 0 N–H and O–H groups in total. The summed E-state index contributed by atoms with van der Waals surface area (Å²) >= 11 is 1.72. The first-order valence-electron chi connectivity index (χ1n) is 6.29. The van der Waals surface area contributed by atoms with E-state index in [2.05, 4.69) is 34.6 Å². The summed E-state index contributed by atoms with van der Waals surface area (Å²) in [6.45, 7) is 13.0. The quantitative estimate of drug-likeness (QED) is 0.688. The zero-order valence-corrected chi connectivity index (χ0v) is 12.7. The summed E-state index contributed by atoms with van der Waals surface area (Å²) in [5, 5.41) is 0. The molecule has 0 aliphatic carbocycles. The topological polar surface area (TPSA) is 17.1 Å². The van der Waals surface area contributed by atoms with E-state index in [9.17, 15) is 4.79 Å². The third-order valence-corrected chi connectivity index (χ3v) is 3.80. The number of hydrogen-bond donors (Lipinski definition) is 0. The van der Waals surface area contributed by atoms with Gasteiger partial charge in [0, 0.05) is 21.7 Å². The van der Waals surface area contributed by atoms with Gasteiger partial charge < -0.3 is 0 Å². The van der Waals surface area contributed by atoms with Gasteiger partial charge in [-0.05, 0) is 37.7 Å². The molecule has 1 heterocycles. The molecule has 0 fully saturated rings. The number of carbonyl (C=O) groups excluding carboxylic acids is 1. The summed E-state index contributed by atoms with van der Waals surface area (Å²) < 4.78 is 0. The van der Waals surface area contributed by atoms with Crippen LogP contribution in [0.2, 0.25) is 0 Å². The van der Waals surface area contributed by atoms with Crippen LogP contribution in [0, 0.1) is 25.2 Å². The van der Waals surface area contributed by atoms with Gasteiger partial charge in [-0.3, -0.25) is 4.79 Å². The lowest BCUT2D eigenvalue weighted by Gasteiger charge is -2.22. The van der Waals surface area contributed by atoms with Crippen LogP contribution in [-0.4, -0.2) is 5.78 Å². The van der Waals surface area contributed by atoms with Crippen LogP contribution in [0.25, 0.3) is 0 Å². The van der Waals surface area contributed by atoms with Gasteiger partial charge in [0.1, 0.15) is 0 Å². The van der Waals surface area contributed by atoms with E-state index in [1.165, 1.54) is 4.88 Å². The van der Waals surface area contributed by atoms with E-state index in [-0.39, 0.29) is 0 Å². The van der Waals surface area contributed by atoms with Gasteiger partial charge in [-0.1, -0.05) is 27.7 Å². The SMILES string of the molecule is Cc1cc(C(=O)CC(C)CC(C)(C)C)c(C)s1. The van der Waals surface area contributed by atoms with E-state index >= 15 is 0 Å². The Balaban J connectivity index is 2.64. The largest absolute Gasteiger partial charge is 0.294 e. The first-order valence-corrected chi connectivity index (χ1v) is 7.11. The summed E-state index contributed by atoms with van der Waals surface area (Å²) in [5.41, 5.74) is 1.24. The normalized spacial score (nSPS) is 13.8. The fourth-order valence-corrected chi connectivity index (χ4v) is 3.39. The highest BCUT2D eigenvalue weighted by Crippen LogP contribution is 2.28. The lowest BCUT2D eigenvalue weighted by molar-refractivity contribution is 0.0954. The molecule has 0 bridgehead atoms. The lowest BCUT2D eigenvalue weighted by Crippen LogP contribution is -2.14. The van der Waals surface area contributed by atoms with Gasteiger partial charge in [0.15, 0.2) is 5.78 Å². The Labute approximate surface area is 109 Å². The first-order chi connectivity index (χ1) is 7.69. The second-order valence-corrected chi connectivity index (χ2v) is 7.78. The van der Waals surface area contributed by atoms with Crippen LogP contribution in [0.15, 0.2) is 6.07 Å². The molecule has 1 aromatic heterocycles. The molecule has 0 amide bonds. The van der Waals surface area contributed by atoms with Gasteiger partial charge in [0.25, 0.3) is 0 Å². The van der Waals surface area contributed by atoms with Gasteiger partial charge >= 0.3 is 0 Å². The van der Waals surface area contributed by atoms with Crippen molar-refractivity contribution in [2.45, 2.75) is 54.4 Å². The average Bonchev–Trinajstić information content (AvgIpc) is 2.41. The van der Waals surface area contributed by atoms with Crippen molar-refractivity contribution in [2.75, 3.05) is 0 Å². The minimum Gasteiger partial charge on any atom is -0.294 e. The zero-order valence-electron chi connectivity index (χ0n) is 11.9. The monoisotopic (exact) mass is 252 g/mol. The van der Waals surface area contributed by atoms with Crippen molar-refractivity contribution in [3.8, 4) is 0 Å². The molecular weight excluding hydrogens is 228 g/mol. The Morgan fingerprint density at radius 2 is 1.94 bits per heavy atom. The molecule has 1 nitrogen and oxygen atoms in total. The highest BCUT2D eigenvalue weighted by Gasteiger charge is 2.19. The number of thiophene rings is 1. The van der Waals surface area contributed by atoms with Crippen molar-refractivity contribution in [3.63, 3.8) is 0 Å². The third kappa shape index (κ3) is 4.63. The minimum atomic E-state index is 0.305. The Morgan fingerprint density at radius 3 is 2.35 bits per heavy atom. The molecule has 17 heavy (non-hydrogen) atoms. The van der Waals surface area contributed by atoms with Crippen molar-refractivity contribution in [2.24, 2.45) is 11.3 Å². The van der Waals surface area contributed by atoms with Crippen LogP contribution in [0.3, 0.4) is 0 Å². The van der Waals surface area contributed by atoms with E-state index in [1.54, 1.807) is 11.3 Å². The second-order valence-electron chi connectivity index (χ2n) is 6.32. The van der Waals surface area contributed by atoms with Crippen LogP contribution < -0.4 is 0 Å². The fraction of sp³-hybridized carbons (Fsp3) is 0.667. The summed E-state index contributed by atoms with van der Waals surface area (Å²) in [5.74, 6) is 0.769. The third-order valence-electron chi connectivity index (χ3n) is 2.84. The second kappa shape index (κ2) is 5.34. The van der Waals surface area contributed by atoms with Gasteiger partial charge in [0.2, 0.25) is 0 Å². The molecule has 1 atom stereocenters. The van der Waals surface area contributed by atoms with Crippen LogP contribution in [0.4, 0.5) is 0 Å². The van der Waals surface area contributed by atoms with E-state index in [4.69, 9.17) is 0 Å². The predicted molar refractivity (Wildman–Crippen MR) is 76.0 cm³/mol. The number of ketones is 1. The van der Waals surface area contributed by atoms with Gasteiger partial charge in [0.05, 0.1) is 0 Å². The maximum atomic E-state index is 12.2. The number of rotatable bonds is 4. The smallest absolute Gasteiger partial charge is 0.164 e. The van der Waals surface area contributed by atoms with Crippen LogP contribution in [-0.2, 0) is 0 Å². The van der Waals surface area contributed by atoms with E-state index in [1.807, 2.05) is 13.0 Å². The van der Waals surface area contributed by atoms with Gasteiger partial charge in [-0.2, -0.15) is 0 Å². The van der Waals surface area contributed by atoms with Crippen LogP contribution >= 0.6 is 11.3 Å². The van der Waals surface area contributed by atoms with Crippen molar-refractivity contribution in [3.05, 3.63) is 21.4 Å². The van der Waals surface area contributed by atoms with Crippen molar-refractivity contribution in [1.82, 2.24) is 0 Å². The molecule has 1 aromatic rings. The molecule has 0 radical (unpaired) electrons. The molecular formula is C15H24OS. The minimum absolute atomic E-state index is 0.305. The standard InChI is InChI=1S/C15H24OS/c1-10(9-15(4,5)6)7-14(16)13-8-11(2)17-12(13)3/h8,10H,7,9H2,1-6H3. The van der Waals surface area contributed by atoms with E-state index < -0.39 is 0 Å². The summed E-state index contributed by atoms with van der Waals surface area (Å²) in [6.07, 6.45) is 1.77. The average molecular weight is 252 g/mol. The number of hydrogen-bond acceptors (Lipinski definition) is 2. The van der Waals surface area contributed by atoms with Crippen LogP contribution in [0.1, 0.15) is 60.6 Å². The van der Waals surface area contributed by atoms with E-state index in [0.717, 1.165) is 16.9 Å². The lowest BCUT2D eigenvalue weighted by atomic mass is 9.83. The van der Waals surface area contributed by atoms with Crippen LogP contribution in [0.5, 0.6) is 0 Å². The zero-order chi connectivity index (χ0) is 13.2. The first kappa shape index (κ1) is 14.4. The maximum Gasteiger partial charge on any atom is 0.164 e. The summed E-state index contributed by atoms with van der Waals surface area (Å²) in [4.78, 5) is 14.6. The number of carbonyl (C=O) groups is 1. The molecule has 0 saturated carbocycles.